The van der Waals surface area contributed by atoms with Gasteiger partial charge in [0.15, 0.2) is 0 Å². The van der Waals surface area contributed by atoms with E-state index in [1.165, 1.54) is 0 Å². The minimum Gasteiger partial charge on any atom is -0.387 e. The van der Waals surface area contributed by atoms with Crippen LogP contribution in [-0.2, 0) is 0 Å². The largest absolute Gasteiger partial charge is 0.387 e. The van der Waals surface area contributed by atoms with Crippen LogP contribution < -0.4 is 16.0 Å². The zero-order valence-corrected chi connectivity index (χ0v) is 14.9. The quantitative estimate of drug-likeness (QED) is 0.643. The van der Waals surface area contributed by atoms with Crippen molar-refractivity contribution in [3.8, 4) is 0 Å². The Morgan fingerprint density at radius 3 is 2.19 bits per heavy atom. The molecule has 2 aromatic rings. The van der Waals surface area contributed by atoms with E-state index in [0.717, 1.165) is 24.1 Å². The van der Waals surface area contributed by atoms with Gasteiger partial charge >= 0.3 is 6.03 Å². The highest BCUT2D eigenvalue weighted by atomic mass is 16.3. The molecule has 4 N–H and O–H groups in total. The molecule has 2 aromatic carbocycles. The summed E-state index contributed by atoms with van der Waals surface area (Å²) in [5.41, 5.74) is 1.47. The van der Waals surface area contributed by atoms with Gasteiger partial charge in [-0.15, -0.1) is 0 Å². The van der Waals surface area contributed by atoms with E-state index >= 15 is 0 Å². The van der Waals surface area contributed by atoms with E-state index in [1.54, 1.807) is 0 Å². The highest BCUT2D eigenvalue weighted by Crippen LogP contribution is 2.23. The molecule has 3 rings (SSSR count). The monoisotopic (exact) mass is 353 g/mol. The van der Waals surface area contributed by atoms with Gasteiger partial charge < -0.3 is 21.1 Å². The van der Waals surface area contributed by atoms with Crippen LogP contribution in [0.1, 0.15) is 29.9 Å². The van der Waals surface area contributed by atoms with Crippen molar-refractivity contribution in [2.24, 2.45) is 0 Å². The van der Waals surface area contributed by atoms with Gasteiger partial charge in [-0.3, -0.25) is 0 Å². The summed E-state index contributed by atoms with van der Waals surface area (Å²) in [4.78, 5) is 12.2. The third-order valence-corrected chi connectivity index (χ3v) is 4.90. The normalized spacial score (nSPS) is 19.9. The van der Waals surface area contributed by atoms with E-state index in [2.05, 4.69) is 40.2 Å². The van der Waals surface area contributed by atoms with E-state index < -0.39 is 5.60 Å². The van der Waals surface area contributed by atoms with Crippen molar-refractivity contribution in [1.82, 2.24) is 16.0 Å². The summed E-state index contributed by atoms with van der Waals surface area (Å²) in [6, 6.07) is 20.1. The van der Waals surface area contributed by atoms with Crippen LogP contribution in [0.2, 0.25) is 0 Å². The average molecular weight is 353 g/mol. The molecule has 0 aromatic heterocycles. The van der Waals surface area contributed by atoms with Crippen LogP contribution in [0.3, 0.4) is 0 Å². The Labute approximate surface area is 154 Å². The van der Waals surface area contributed by atoms with Crippen LogP contribution >= 0.6 is 0 Å². The number of carbonyl (C=O) groups is 1. The first-order chi connectivity index (χ1) is 12.7. The van der Waals surface area contributed by atoms with Crippen LogP contribution in [0.15, 0.2) is 60.7 Å². The van der Waals surface area contributed by atoms with Crippen LogP contribution in [0.4, 0.5) is 4.79 Å². The number of piperidine rings is 1. The molecule has 0 saturated carbocycles. The van der Waals surface area contributed by atoms with E-state index in [9.17, 15) is 9.90 Å². The van der Waals surface area contributed by atoms with Crippen molar-refractivity contribution in [1.29, 1.82) is 0 Å². The molecule has 0 unspecified atom stereocenters. The van der Waals surface area contributed by atoms with Crippen molar-refractivity contribution in [3.05, 3.63) is 71.8 Å². The molecule has 0 radical (unpaired) electrons. The molecule has 26 heavy (non-hydrogen) atoms. The van der Waals surface area contributed by atoms with Crippen molar-refractivity contribution in [2.45, 2.75) is 24.4 Å². The fourth-order valence-electron chi connectivity index (χ4n) is 3.40. The topological polar surface area (TPSA) is 73.4 Å². The first kappa shape index (κ1) is 18.4. The SMILES string of the molecule is O=C(NCC(c1ccccc1)c1ccccc1)NC[C@]1(O)CCCNC1. The Hall–Kier alpha value is -2.37. The number of hydrogen-bond donors (Lipinski definition) is 4. The number of benzene rings is 2. The molecule has 5 heteroatoms. The lowest BCUT2D eigenvalue weighted by Gasteiger charge is -2.32. The van der Waals surface area contributed by atoms with Crippen LogP contribution in [0.25, 0.3) is 0 Å². The summed E-state index contributed by atoms with van der Waals surface area (Å²) in [5, 5.41) is 19.4. The second kappa shape index (κ2) is 8.83. The van der Waals surface area contributed by atoms with Gasteiger partial charge in [-0.2, -0.15) is 0 Å². The van der Waals surface area contributed by atoms with Gasteiger partial charge in [0.2, 0.25) is 0 Å². The van der Waals surface area contributed by atoms with Crippen LogP contribution in [-0.4, -0.2) is 42.9 Å². The molecule has 1 aliphatic rings. The van der Waals surface area contributed by atoms with Gasteiger partial charge in [0.25, 0.3) is 0 Å². The summed E-state index contributed by atoms with van der Waals surface area (Å²) < 4.78 is 0. The fourth-order valence-corrected chi connectivity index (χ4v) is 3.40. The molecule has 1 aliphatic heterocycles. The second-order valence-corrected chi connectivity index (χ2v) is 6.94. The zero-order valence-electron chi connectivity index (χ0n) is 14.9. The molecule has 0 spiro atoms. The standard InChI is InChI=1S/C21H27N3O2/c25-20(24-16-21(26)12-7-13-22-15-21)23-14-19(17-8-3-1-4-9-17)18-10-5-2-6-11-18/h1-6,8-11,19,22,26H,7,12-16H2,(H2,23,24,25)/t21-/m0/s1. The van der Waals surface area contributed by atoms with E-state index in [-0.39, 0.29) is 18.5 Å². The van der Waals surface area contributed by atoms with Crippen molar-refractivity contribution in [3.63, 3.8) is 0 Å². The summed E-state index contributed by atoms with van der Waals surface area (Å²) in [7, 11) is 0. The minimum absolute atomic E-state index is 0.0857. The minimum atomic E-state index is -0.853. The van der Waals surface area contributed by atoms with E-state index in [4.69, 9.17) is 0 Å². The maximum absolute atomic E-state index is 12.2. The number of β-amino-alcohol motifs (C(OH)–C–C–N with tert-alkyl or cyclic N) is 1. The molecule has 138 valence electrons. The fraction of sp³-hybridized carbons (Fsp3) is 0.381. The molecule has 1 heterocycles. The molecule has 1 saturated heterocycles. The Morgan fingerprint density at radius 2 is 1.65 bits per heavy atom. The summed E-state index contributed by atoms with van der Waals surface area (Å²) in [6.45, 7) is 2.19. The average Bonchev–Trinajstić information content (AvgIpc) is 2.69. The molecule has 1 atom stereocenters. The summed E-state index contributed by atoms with van der Waals surface area (Å²) in [6.07, 6.45) is 1.63. The smallest absolute Gasteiger partial charge is 0.314 e. The highest BCUT2D eigenvalue weighted by molar-refractivity contribution is 5.74. The number of carbonyl (C=O) groups excluding carboxylic acids is 1. The number of hydrogen-bond acceptors (Lipinski definition) is 3. The molecule has 0 bridgehead atoms. The van der Waals surface area contributed by atoms with Gasteiger partial charge in [0.1, 0.15) is 0 Å². The Kier molecular flexibility index (Phi) is 6.26. The lowest BCUT2D eigenvalue weighted by molar-refractivity contribution is 0.0194. The highest BCUT2D eigenvalue weighted by Gasteiger charge is 2.29. The van der Waals surface area contributed by atoms with E-state index in [1.807, 2.05) is 36.4 Å². The predicted octanol–water partition coefficient (Wildman–Crippen LogP) is 2.23. The van der Waals surface area contributed by atoms with Crippen molar-refractivity contribution >= 4 is 6.03 Å². The maximum atomic E-state index is 12.2. The summed E-state index contributed by atoms with van der Waals surface area (Å²) >= 11 is 0. The maximum Gasteiger partial charge on any atom is 0.314 e. The van der Waals surface area contributed by atoms with Gasteiger partial charge in [0, 0.05) is 25.6 Å². The number of aliphatic hydroxyl groups is 1. The van der Waals surface area contributed by atoms with Crippen LogP contribution in [0.5, 0.6) is 0 Å². The Balaban J connectivity index is 1.58. The van der Waals surface area contributed by atoms with Gasteiger partial charge in [-0.25, -0.2) is 4.79 Å². The number of rotatable bonds is 6. The lowest BCUT2D eigenvalue weighted by atomic mass is 9.91. The Bertz CT molecular complexity index is 645. The first-order valence-corrected chi connectivity index (χ1v) is 9.21. The molecular formula is C21H27N3O2. The third-order valence-electron chi connectivity index (χ3n) is 4.90. The van der Waals surface area contributed by atoms with Crippen LogP contribution in [0, 0.1) is 0 Å². The summed E-state index contributed by atoms with van der Waals surface area (Å²) in [5.74, 6) is 0.0857. The molecule has 2 amide bonds. The van der Waals surface area contributed by atoms with Gasteiger partial charge in [0.05, 0.1) is 5.60 Å². The zero-order chi connectivity index (χ0) is 18.2. The van der Waals surface area contributed by atoms with Gasteiger partial charge in [-0.1, -0.05) is 60.7 Å². The number of amides is 2. The second-order valence-electron chi connectivity index (χ2n) is 6.94. The Morgan fingerprint density at radius 1 is 1.04 bits per heavy atom. The molecule has 0 aliphatic carbocycles. The molecule has 1 fully saturated rings. The van der Waals surface area contributed by atoms with Crippen molar-refractivity contribution in [2.75, 3.05) is 26.2 Å². The molecule has 5 nitrogen and oxygen atoms in total. The van der Waals surface area contributed by atoms with Crippen molar-refractivity contribution < 1.29 is 9.90 Å². The number of urea groups is 1. The lowest BCUT2D eigenvalue weighted by Crippen LogP contribution is -2.54. The first-order valence-electron chi connectivity index (χ1n) is 9.21. The van der Waals surface area contributed by atoms with Gasteiger partial charge in [-0.05, 0) is 30.5 Å². The number of nitrogens with one attached hydrogen (secondary N) is 3. The molecular weight excluding hydrogens is 326 g/mol. The third kappa shape index (κ3) is 5.07. The predicted molar refractivity (Wildman–Crippen MR) is 103 cm³/mol. The van der Waals surface area contributed by atoms with E-state index in [0.29, 0.717) is 19.5 Å².